The fraction of sp³-hybridized carbons (Fsp3) is 0.500. The van der Waals surface area contributed by atoms with Gasteiger partial charge < -0.3 is 5.73 Å². The zero-order valence-corrected chi connectivity index (χ0v) is 10.0. The Hall–Kier alpha value is -0.670. The highest BCUT2D eigenvalue weighted by molar-refractivity contribution is 6.31. The van der Waals surface area contributed by atoms with Crippen LogP contribution in [0.3, 0.4) is 0 Å². The van der Waals surface area contributed by atoms with Crippen LogP contribution in [-0.2, 0) is 6.42 Å². The summed E-state index contributed by atoms with van der Waals surface area (Å²) in [6.45, 7) is 1.75. The van der Waals surface area contributed by atoms with E-state index in [0.717, 1.165) is 0 Å². The molecular weight excluding hydrogens is 232 g/mol. The van der Waals surface area contributed by atoms with Crippen molar-refractivity contribution in [2.24, 2.45) is 5.73 Å². The lowest BCUT2D eigenvalue weighted by Gasteiger charge is -2.23. The van der Waals surface area contributed by atoms with Gasteiger partial charge in [0, 0.05) is 23.6 Å². The largest absolute Gasteiger partial charge is 0.328 e. The van der Waals surface area contributed by atoms with Crippen LogP contribution < -0.4 is 5.73 Å². The van der Waals surface area contributed by atoms with E-state index in [9.17, 15) is 8.78 Å². The molecule has 1 rings (SSSR count). The van der Waals surface area contributed by atoms with Gasteiger partial charge in [0.2, 0.25) is 0 Å². The molecule has 4 heteroatoms. The average molecular weight is 248 g/mol. The SMILES string of the molecule is CCCC(F)(CN)Cc1c(F)cccc1Cl. The summed E-state index contributed by atoms with van der Waals surface area (Å²) in [7, 11) is 0. The van der Waals surface area contributed by atoms with Crippen LogP contribution in [0.5, 0.6) is 0 Å². The topological polar surface area (TPSA) is 26.0 Å². The molecule has 0 aliphatic rings. The molecule has 0 aliphatic carbocycles. The monoisotopic (exact) mass is 247 g/mol. The lowest BCUT2D eigenvalue weighted by atomic mass is 9.91. The lowest BCUT2D eigenvalue weighted by Crippen LogP contribution is -2.35. The van der Waals surface area contributed by atoms with Crippen molar-refractivity contribution in [3.8, 4) is 0 Å². The Morgan fingerprint density at radius 2 is 2.12 bits per heavy atom. The van der Waals surface area contributed by atoms with Crippen LogP contribution in [0, 0.1) is 5.82 Å². The van der Waals surface area contributed by atoms with Crippen LogP contribution in [0.1, 0.15) is 25.3 Å². The third-order valence-electron chi connectivity index (χ3n) is 2.62. The van der Waals surface area contributed by atoms with Gasteiger partial charge in [0.15, 0.2) is 0 Å². The summed E-state index contributed by atoms with van der Waals surface area (Å²) in [4.78, 5) is 0. The Kier molecular flexibility index (Phi) is 4.69. The lowest BCUT2D eigenvalue weighted by molar-refractivity contribution is 0.157. The number of hydrogen-bond acceptors (Lipinski definition) is 1. The quantitative estimate of drug-likeness (QED) is 0.847. The molecule has 0 fully saturated rings. The maximum atomic E-state index is 14.2. The van der Waals surface area contributed by atoms with Crippen LogP contribution >= 0.6 is 11.6 Å². The zero-order valence-electron chi connectivity index (χ0n) is 9.27. The number of hydrogen-bond donors (Lipinski definition) is 1. The molecule has 0 spiro atoms. The fourth-order valence-corrected chi connectivity index (χ4v) is 1.96. The summed E-state index contributed by atoms with van der Waals surface area (Å²) in [6, 6.07) is 4.34. The normalized spacial score (nSPS) is 14.8. The van der Waals surface area contributed by atoms with Crippen molar-refractivity contribution in [1.82, 2.24) is 0 Å². The van der Waals surface area contributed by atoms with Crippen molar-refractivity contribution < 1.29 is 8.78 Å². The van der Waals surface area contributed by atoms with E-state index >= 15 is 0 Å². The number of halogens is 3. The van der Waals surface area contributed by atoms with Crippen LogP contribution in [0.15, 0.2) is 18.2 Å². The molecule has 1 aromatic carbocycles. The van der Waals surface area contributed by atoms with Crippen molar-refractivity contribution >= 4 is 11.6 Å². The predicted octanol–water partition coefficient (Wildman–Crippen LogP) is 3.49. The van der Waals surface area contributed by atoms with Gasteiger partial charge in [-0.25, -0.2) is 8.78 Å². The predicted molar refractivity (Wildman–Crippen MR) is 62.9 cm³/mol. The van der Waals surface area contributed by atoms with Gasteiger partial charge in [0.1, 0.15) is 11.5 Å². The standard InChI is InChI=1S/C12H16ClF2N/c1-2-6-12(15,8-16)7-9-10(13)4-3-5-11(9)14/h3-5H,2,6-8,16H2,1H3. The van der Waals surface area contributed by atoms with Gasteiger partial charge in [0.05, 0.1) is 0 Å². The van der Waals surface area contributed by atoms with E-state index < -0.39 is 11.5 Å². The van der Waals surface area contributed by atoms with E-state index in [-0.39, 0.29) is 23.6 Å². The van der Waals surface area contributed by atoms with Crippen LogP contribution in [-0.4, -0.2) is 12.2 Å². The number of benzene rings is 1. The second-order valence-corrected chi connectivity index (χ2v) is 4.39. The van der Waals surface area contributed by atoms with E-state index in [1.807, 2.05) is 6.92 Å². The molecule has 90 valence electrons. The van der Waals surface area contributed by atoms with Gasteiger partial charge in [-0.2, -0.15) is 0 Å². The van der Waals surface area contributed by atoms with Crippen molar-refractivity contribution in [1.29, 1.82) is 0 Å². The van der Waals surface area contributed by atoms with E-state index in [1.54, 1.807) is 6.07 Å². The first kappa shape index (κ1) is 13.4. The molecule has 2 N–H and O–H groups in total. The first-order chi connectivity index (χ1) is 7.52. The Morgan fingerprint density at radius 1 is 1.44 bits per heavy atom. The molecule has 1 nitrogen and oxygen atoms in total. The molecule has 0 aromatic heterocycles. The molecule has 16 heavy (non-hydrogen) atoms. The Labute approximate surface area is 99.6 Å². The summed E-state index contributed by atoms with van der Waals surface area (Å²) < 4.78 is 27.7. The molecule has 0 amide bonds. The summed E-state index contributed by atoms with van der Waals surface area (Å²) >= 11 is 5.85. The van der Waals surface area contributed by atoms with Crippen molar-refractivity contribution in [3.05, 3.63) is 34.6 Å². The summed E-state index contributed by atoms with van der Waals surface area (Å²) in [5.41, 5.74) is 4.05. The highest BCUT2D eigenvalue weighted by Gasteiger charge is 2.29. The van der Waals surface area contributed by atoms with Gasteiger partial charge in [-0.15, -0.1) is 0 Å². The first-order valence-corrected chi connectivity index (χ1v) is 5.72. The molecule has 1 unspecified atom stereocenters. The van der Waals surface area contributed by atoms with E-state index in [0.29, 0.717) is 12.8 Å². The number of rotatable bonds is 5. The summed E-state index contributed by atoms with van der Waals surface area (Å²) in [5.74, 6) is -0.473. The van der Waals surface area contributed by atoms with Crippen LogP contribution in [0.2, 0.25) is 5.02 Å². The highest BCUT2D eigenvalue weighted by atomic mass is 35.5. The summed E-state index contributed by atoms with van der Waals surface area (Å²) in [5, 5.41) is 0.256. The highest BCUT2D eigenvalue weighted by Crippen LogP contribution is 2.28. The first-order valence-electron chi connectivity index (χ1n) is 5.34. The molecule has 1 aromatic rings. The third kappa shape index (κ3) is 3.16. The Morgan fingerprint density at radius 3 is 2.62 bits per heavy atom. The molecule has 1 atom stereocenters. The zero-order chi connectivity index (χ0) is 12.2. The average Bonchev–Trinajstić information content (AvgIpc) is 2.24. The second-order valence-electron chi connectivity index (χ2n) is 3.98. The van der Waals surface area contributed by atoms with Gasteiger partial charge in [-0.1, -0.05) is 31.0 Å². The molecule has 0 bridgehead atoms. The Bertz CT molecular complexity index is 337. The van der Waals surface area contributed by atoms with E-state index in [1.165, 1.54) is 12.1 Å². The minimum atomic E-state index is -1.57. The second kappa shape index (κ2) is 5.60. The van der Waals surface area contributed by atoms with Crippen molar-refractivity contribution in [2.75, 3.05) is 6.54 Å². The molecular formula is C12H16ClF2N. The molecule has 0 saturated heterocycles. The Balaban J connectivity index is 2.94. The minimum absolute atomic E-state index is 0.0666. The molecule has 0 radical (unpaired) electrons. The minimum Gasteiger partial charge on any atom is -0.328 e. The summed E-state index contributed by atoms with van der Waals surface area (Å²) in [6.07, 6.45) is 0.913. The van der Waals surface area contributed by atoms with Gasteiger partial charge in [-0.3, -0.25) is 0 Å². The molecule has 0 aliphatic heterocycles. The fourth-order valence-electron chi connectivity index (χ4n) is 1.73. The number of alkyl halides is 1. The van der Waals surface area contributed by atoms with Gasteiger partial charge in [-0.05, 0) is 18.6 Å². The maximum Gasteiger partial charge on any atom is 0.128 e. The molecule has 0 heterocycles. The smallest absolute Gasteiger partial charge is 0.128 e. The van der Waals surface area contributed by atoms with Gasteiger partial charge in [0.25, 0.3) is 0 Å². The van der Waals surface area contributed by atoms with Gasteiger partial charge >= 0.3 is 0 Å². The van der Waals surface area contributed by atoms with E-state index in [2.05, 4.69) is 0 Å². The van der Waals surface area contributed by atoms with Crippen LogP contribution in [0.25, 0.3) is 0 Å². The van der Waals surface area contributed by atoms with E-state index in [4.69, 9.17) is 17.3 Å². The molecule has 0 saturated carbocycles. The third-order valence-corrected chi connectivity index (χ3v) is 2.97. The number of nitrogens with two attached hydrogens (primary N) is 1. The van der Waals surface area contributed by atoms with Crippen LogP contribution in [0.4, 0.5) is 8.78 Å². The van der Waals surface area contributed by atoms with Crippen molar-refractivity contribution in [2.45, 2.75) is 31.9 Å². The maximum absolute atomic E-state index is 14.2. The van der Waals surface area contributed by atoms with Crippen molar-refractivity contribution in [3.63, 3.8) is 0 Å².